The molecule has 1 saturated heterocycles. The fraction of sp³-hybridized carbons (Fsp3) is 0.300. The molecule has 0 aromatic heterocycles. The Labute approximate surface area is 158 Å². The number of nitrogens with one attached hydrogen (secondary N) is 2. The van der Waals surface area contributed by atoms with E-state index in [9.17, 15) is 9.59 Å². The number of benzene rings is 2. The van der Waals surface area contributed by atoms with Crippen LogP contribution in [0, 0.1) is 0 Å². The molecule has 3 rings (SSSR count). The molecule has 1 fully saturated rings. The second-order valence-corrected chi connectivity index (χ2v) is 6.19. The lowest BCUT2D eigenvalue weighted by Gasteiger charge is -2.19. The van der Waals surface area contributed by atoms with Gasteiger partial charge < -0.3 is 25.0 Å². The molecule has 0 unspecified atom stereocenters. The minimum Gasteiger partial charge on any atom is -0.497 e. The van der Waals surface area contributed by atoms with Crippen molar-refractivity contribution in [1.82, 2.24) is 5.32 Å². The first-order valence-corrected chi connectivity index (χ1v) is 8.77. The SMILES string of the molecule is COc1ccc(CNC(=O)Nc2ccc(N3CCCC3=O)c(OC)c2)cc1. The van der Waals surface area contributed by atoms with E-state index >= 15 is 0 Å². The number of carbonyl (C=O) groups is 2. The molecule has 0 aliphatic carbocycles. The molecular weight excluding hydrogens is 346 g/mol. The normalized spacial score (nSPS) is 13.4. The Morgan fingerprint density at radius 3 is 2.52 bits per heavy atom. The molecule has 27 heavy (non-hydrogen) atoms. The lowest BCUT2D eigenvalue weighted by atomic mass is 10.2. The van der Waals surface area contributed by atoms with Crippen molar-refractivity contribution in [3.05, 3.63) is 48.0 Å². The molecule has 0 atom stereocenters. The van der Waals surface area contributed by atoms with E-state index in [4.69, 9.17) is 9.47 Å². The monoisotopic (exact) mass is 369 g/mol. The summed E-state index contributed by atoms with van der Waals surface area (Å²) < 4.78 is 10.5. The molecule has 2 N–H and O–H groups in total. The van der Waals surface area contributed by atoms with Crippen LogP contribution in [0.15, 0.2) is 42.5 Å². The van der Waals surface area contributed by atoms with Crippen LogP contribution in [0.2, 0.25) is 0 Å². The van der Waals surface area contributed by atoms with E-state index in [2.05, 4.69) is 10.6 Å². The van der Waals surface area contributed by atoms with E-state index in [0.29, 0.717) is 30.9 Å². The molecular formula is C20H23N3O4. The summed E-state index contributed by atoms with van der Waals surface area (Å²) in [5.74, 6) is 1.41. The fourth-order valence-corrected chi connectivity index (χ4v) is 2.98. The van der Waals surface area contributed by atoms with E-state index in [1.807, 2.05) is 24.3 Å². The van der Waals surface area contributed by atoms with Crippen LogP contribution in [-0.2, 0) is 11.3 Å². The van der Waals surface area contributed by atoms with E-state index in [1.165, 1.54) is 0 Å². The van der Waals surface area contributed by atoms with Crippen LogP contribution in [0.3, 0.4) is 0 Å². The summed E-state index contributed by atoms with van der Waals surface area (Å²) in [4.78, 5) is 25.8. The minimum atomic E-state index is -0.321. The van der Waals surface area contributed by atoms with Crippen LogP contribution in [0.1, 0.15) is 18.4 Å². The van der Waals surface area contributed by atoms with Gasteiger partial charge in [0.2, 0.25) is 5.91 Å². The molecule has 1 aliphatic rings. The Kier molecular flexibility index (Phi) is 5.80. The third-order valence-electron chi connectivity index (χ3n) is 4.41. The first-order chi connectivity index (χ1) is 13.1. The summed E-state index contributed by atoms with van der Waals surface area (Å²) in [5.41, 5.74) is 2.28. The van der Waals surface area contributed by atoms with Gasteiger partial charge in [0, 0.05) is 31.3 Å². The van der Waals surface area contributed by atoms with Crippen LogP contribution in [0.4, 0.5) is 16.2 Å². The summed E-state index contributed by atoms with van der Waals surface area (Å²) in [6.07, 6.45) is 1.40. The first kappa shape index (κ1) is 18.6. The number of rotatable bonds is 6. The average Bonchev–Trinajstić information content (AvgIpc) is 3.12. The summed E-state index contributed by atoms with van der Waals surface area (Å²) >= 11 is 0. The quantitative estimate of drug-likeness (QED) is 0.820. The zero-order chi connectivity index (χ0) is 19.2. The number of amides is 3. The number of urea groups is 1. The zero-order valence-corrected chi connectivity index (χ0v) is 15.5. The maximum absolute atomic E-state index is 12.1. The Morgan fingerprint density at radius 1 is 1.11 bits per heavy atom. The van der Waals surface area contributed by atoms with Gasteiger partial charge in [0.1, 0.15) is 11.5 Å². The summed E-state index contributed by atoms with van der Waals surface area (Å²) in [7, 11) is 3.16. The highest BCUT2D eigenvalue weighted by atomic mass is 16.5. The molecule has 2 aromatic rings. The molecule has 0 spiro atoms. The van der Waals surface area contributed by atoms with Gasteiger partial charge in [-0.15, -0.1) is 0 Å². The molecule has 0 radical (unpaired) electrons. The number of carbonyl (C=O) groups excluding carboxylic acids is 2. The third kappa shape index (κ3) is 4.49. The van der Waals surface area contributed by atoms with Gasteiger partial charge >= 0.3 is 6.03 Å². The predicted molar refractivity (Wildman–Crippen MR) is 103 cm³/mol. The molecule has 2 aromatic carbocycles. The Balaban J connectivity index is 1.60. The smallest absolute Gasteiger partial charge is 0.319 e. The van der Waals surface area contributed by atoms with Gasteiger partial charge in [0.25, 0.3) is 0 Å². The highest BCUT2D eigenvalue weighted by Crippen LogP contribution is 2.33. The highest BCUT2D eigenvalue weighted by Gasteiger charge is 2.24. The number of hydrogen-bond acceptors (Lipinski definition) is 4. The van der Waals surface area contributed by atoms with E-state index in [0.717, 1.165) is 23.4 Å². The third-order valence-corrected chi connectivity index (χ3v) is 4.41. The maximum atomic E-state index is 12.1. The predicted octanol–water partition coefficient (Wildman–Crippen LogP) is 3.15. The van der Waals surface area contributed by atoms with Gasteiger partial charge in [0.05, 0.1) is 19.9 Å². The number of nitrogens with zero attached hydrogens (tertiary/aromatic N) is 1. The van der Waals surface area contributed by atoms with Gasteiger partial charge in [-0.3, -0.25) is 4.79 Å². The van der Waals surface area contributed by atoms with Gasteiger partial charge in [-0.2, -0.15) is 0 Å². The van der Waals surface area contributed by atoms with Gasteiger partial charge in [0.15, 0.2) is 0 Å². The lowest BCUT2D eigenvalue weighted by Crippen LogP contribution is -2.28. The Bertz CT molecular complexity index is 820. The van der Waals surface area contributed by atoms with Crippen molar-refractivity contribution in [2.24, 2.45) is 0 Å². The molecule has 0 saturated carbocycles. The largest absolute Gasteiger partial charge is 0.497 e. The van der Waals surface area contributed by atoms with Crippen LogP contribution in [0.25, 0.3) is 0 Å². The number of methoxy groups -OCH3 is 2. The molecule has 1 aliphatic heterocycles. The summed E-state index contributed by atoms with van der Waals surface area (Å²) in [5, 5.41) is 5.58. The van der Waals surface area contributed by atoms with Gasteiger partial charge in [-0.05, 0) is 36.2 Å². The Hall–Kier alpha value is -3.22. The van der Waals surface area contributed by atoms with Gasteiger partial charge in [-0.1, -0.05) is 12.1 Å². The molecule has 1 heterocycles. The highest BCUT2D eigenvalue weighted by molar-refractivity contribution is 5.97. The van der Waals surface area contributed by atoms with E-state index in [1.54, 1.807) is 37.3 Å². The molecule has 142 valence electrons. The topological polar surface area (TPSA) is 79.9 Å². The van der Waals surface area contributed by atoms with Crippen molar-refractivity contribution < 1.29 is 19.1 Å². The fourth-order valence-electron chi connectivity index (χ4n) is 2.98. The van der Waals surface area contributed by atoms with Crippen molar-refractivity contribution in [3.8, 4) is 11.5 Å². The molecule has 3 amide bonds. The van der Waals surface area contributed by atoms with Crippen molar-refractivity contribution in [2.75, 3.05) is 31.0 Å². The van der Waals surface area contributed by atoms with Crippen LogP contribution in [-0.4, -0.2) is 32.7 Å². The molecule has 7 nitrogen and oxygen atoms in total. The van der Waals surface area contributed by atoms with Gasteiger partial charge in [-0.25, -0.2) is 4.79 Å². The summed E-state index contributed by atoms with van der Waals surface area (Å²) in [6.45, 7) is 1.08. The standard InChI is InChI=1S/C20H23N3O4/c1-26-16-8-5-14(6-9-16)13-21-20(25)22-15-7-10-17(18(12-15)27-2)23-11-3-4-19(23)24/h5-10,12H,3-4,11,13H2,1-2H3,(H2,21,22,25). The Morgan fingerprint density at radius 2 is 1.89 bits per heavy atom. The second kappa shape index (κ2) is 8.44. The zero-order valence-electron chi connectivity index (χ0n) is 15.5. The molecule has 0 bridgehead atoms. The van der Waals surface area contributed by atoms with E-state index < -0.39 is 0 Å². The van der Waals surface area contributed by atoms with Crippen LogP contribution in [0.5, 0.6) is 11.5 Å². The molecule has 7 heteroatoms. The van der Waals surface area contributed by atoms with Crippen molar-refractivity contribution in [2.45, 2.75) is 19.4 Å². The van der Waals surface area contributed by atoms with Crippen LogP contribution < -0.4 is 25.0 Å². The first-order valence-electron chi connectivity index (χ1n) is 8.77. The van der Waals surface area contributed by atoms with Crippen molar-refractivity contribution in [1.29, 1.82) is 0 Å². The number of anilines is 2. The number of ether oxygens (including phenoxy) is 2. The summed E-state index contributed by atoms with van der Waals surface area (Å²) in [6, 6.07) is 12.4. The van der Waals surface area contributed by atoms with Crippen molar-refractivity contribution >= 4 is 23.3 Å². The van der Waals surface area contributed by atoms with E-state index in [-0.39, 0.29) is 11.9 Å². The second-order valence-electron chi connectivity index (χ2n) is 6.19. The van der Waals surface area contributed by atoms with Crippen LogP contribution >= 0.6 is 0 Å². The average molecular weight is 369 g/mol. The number of hydrogen-bond donors (Lipinski definition) is 2. The van der Waals surface area contributed by atoms with Crippen molar-refractivity contribution in [3.63, 3.8) is 0 Å². The lowest BCUT2D eigenvalue weighted by molar-refractivity contribution is -0.117. The maximum Gasteiger partial charge on any atom is 0.319 e. The minimum absolute atomic E-state index is 0.0891.